The summed E-state index contributed by atoms with van der Waals surface area (Å²) in [5.74, 6) is 1.88. The van der Waals surface area contributed by atoms with Gasteiger partial charge in [0.1, 0.15) is 0 Å². The Morgan fingerprint density at radius 3 is 2.78 bits per heavy atom. The van der Waals surface area contributed by atoms with E-state index in [4.69, 9.17) is 0 Å². The lowest BCUT2D eigenvalue weighted by molar-refractivity contribution is 0.0769. The predicted octanol–water partition coefficient (Wildman–Crippen LogP) is 3.58. The van der Waals surface area contributed by atoms with Gasteiger partial charge in [-0.25, -0.2) is 0 Å². The third kappa shape index (κ3) is 3.95. The number of nitrogens with zero attached hydrogens (tertiary/aromatic N) is 1. The molecule has 1 fully saturated rings. The van der Waals surface area contributed by atoms with Crippen LogP contribution in [0.4, 0.5) is 5.69 Å². The maximum atomic E-state index is 12.8. The Morgan fingerprint density at radius 1 is 1.09 bits per heavy atom. The molecule has 2 aromatic rings. The minimum absolute atomic E-state index is 0.00582. The van der Waals surface area contributed by atoms with E-state index in [9.17, 15) is 9.59 Å². The first-order valence-electron chi connectivity index (χ1n) is 7.55. The summed E-state index contributed by atoms with van der Waals surface area (Å²) < 4.78 is 0. The molecular formula is C17H18N2O2S2. The van der Waals surface area contributed by atoms with Gasteiger partial charge < -0.3 is 10.2 Å². The quantitative estimate of drug-likeness (QED) is 0.924. The average Bonchev–Trinajstić information content (AvgIpc) is 2.98. The van der Waals surface area contributed by atoms with E-state index in [1.807, 2.05) is 34.2 Å². The topological polar surface area (TPSA) is 49.4 Å². The van der Waals surface area contributed by atoms with Crippen molar-refractivity contribution >= 4 is 40.6 Å². The molecule has 3 rings (SSSR count). The summed E-state index contributed by atoms with van der Waals surface area (Å²) in [5, 5.41) is 6.52. The Bertz CT molecular complexity index is 678. The first-order chi connectivity index (χ1) is 11.3. The van der Waals surface area contributed by atoms with Gasteiger partial charge in [0.15, 0.2) is 0 Å². The van der Waals surface area contributed by atoms with Crippen LogP contribution < -0.4 is 5.32 Å². The number of hydrogen-bond acceptors (Lipinski definition) is 4. The molecule has 1 aromatic carbocycles. The van der Waals surface area contributed by atoms with E-state index < -0.39 is 0 Å². The number of thiophene rings is 1. The molecule has 1 aromatic heterocycles. The van der Waals surface area contributed by atoms with Crippen LogP contribution >= 0.6 is 23.1 Å². The van der Waals surface area contributed by atoms with Crippen molar-refractivity contribution in [2.75, 3.05) is 29.9 Å². The van der Waals surface area contributed by atoms with Crippen molar-refractivity contribution in [3.8, 4) is 0 Å². The van der Waals surface area contributed by atoms with Crippen molar-refractivity contribution in [2.45, 2.75) is 6.42 Å². The van der Waals surface area contributed by atoms with Crippen molar-refractivity contribution in [1.29, 1.82) is 0 Å². The molecule has 120 valence electrons. The Morgan fingerprint density at radius 2 is 1.96 bits per heavy atom. The Labute approximate surface area is 143 Å². The van der Waals surface area contributed by atoms with Crippen molar-refractivity contribution in [2.24, 2.45) is 0 Å². The first kappa shape index (κ1) is 16.1. The van der Waals surface area contributed by atoms with Gasteiger partial charge >= 0.3 is 0 Å². The number of carbonyl (C=O) groups is 2. The van der Waals surface area contributed by atoms with Crippen molar-refractivity contribution in [3.05, 3.63) is 52.2 Å². The third-order valence-corrected chi connectivity index (χ3v) is 5.43. The van der Waals surface area contributed by atoms with E-state index in [1.54, 1.807) is 23.6 Å². The van der Waals surface area contributed by atoms with Crippen LogP contribution in [0.15, 0.2) is 41.1 Å². The Hall–Kier alpha value is -1.79. The highest BCUT2D eigenvalue weighted by molar-refractivity contribution is 7.99. The van der Waals surface area contributed by atoms with E-state index >= 15 is 0 Å². The SMILES string of the molecule is O=C(Nc1ccccc1C(=O)N1CCCSCC1)c1ccsc1. The molecule has 0 bridgehead atoms. The van der Waals surface area contributed by atoms with E-state index in [-0.39, 0.29) is 11.8 Å². The van der Waals surface area contributed by atoms with E-state index in [2.05, 4.69) is 5.32 Å². The molecule has 6 heteroatoms. The summed E-state index contributed by atoms with van der Waals surface area (Å²) in [7, 11) is 0. The molecule has 2 heterocycles. The lowest BCUT2D eigenvalue weighted by atomic mass is 10.1. The molecule has 23 heavy (non-hydrogen) atoms. The molecule has 0 atom stereocenters. The number of nitrogens with one attached hydrogen (secondary N) is 1. The molecule has 0 saturated carbocycles. The van der Waals surface area contributed by atoms with Gasteiger partial charge in [0.05, 0.1) is 16.8 Å². The number of amides is 2. The van der Waals surface area contributed by atoms with Gasteiger partial charge in [0.25, 0.3) is 11.8 Å². The number of para-hydroxylation sites is 1. The van der Waals surface area contributed by atoms with Gasteiger partial charge in [0, 0.05) is 24.2 Å². The molecule has 1 N–H and O–H groups in total. The lowest BCUT2D eigenvalue weighted by Gasteiger charge is -2.21. The maximum Gasteiger partial charge on any atom is 0.256 e. The van der Waals surface area contributed by atoms with Crippen molar-refractivity contribution < 1.29 is 9.59 Å². The number of rotatable bonds is 3. The molecular weight excluding hydrogens is 328 g/mol. The van der Waals surface area contributed by atoms with Crippen LogP contribution in [0.25, 0.3) is 0 Å². The van der Waals surface area contributed by atoms with E-state index in [1.165, 1.54) is 11.3 Å². The zero-order valence-corrected chi connectivity index (χ0v) is 14.3. The van der Waals surface area contributed by atoms with Crippen LogP contribution in [0.3, 0.4) is 0 Å². The fraction of sp³-hybridized carbons (Fsp3) is 0.294. The molecule has 1 saturated heterocycles. The fourth-order valence-electron chi connectivity index (χ4n) is 2.49. The highest BCUT2D eigenvalue weighted by atomic mass is 32.2. The molecule has 1 aliphatic rings. The molecule has 4 nitrogen and oxygen atoms in total. The molecule has 2 amide bonds. The molecule has 1 aliphatic heterocycles. The Balaban J connectivity index is 1.79. The number of thioether (sulfide) groups is 1. The van der Waals surface area contributed by atoms with Crippen molar-refractivity contribution in [1.82, 2.24) is 4.90 Å². The maximum absolute atomic E-state index is 12.8. The third-order valence-electron chi connectivity index (χ3n) is 3.70. The van der Waals surface area contributed by atoms with Gasteiger partial charge in [-0.05, 0) is 35.8 Å². The summed E-state index contributed by atoms with van der Waals surface area (Å²) in [6.07, 6.45) is 1.01. The van der Waals surface area contributed by atoms with Crippen molar-refractivity contribution in [3.63, 3.8) is 0 Å². The molecule has 0 aliphatic carbocycles. The van der Waals surface area contributed by atoms with Gasteiger partial charge in [0.2, 0.25) is 0 Å². The van der Waals surface area contributed by atoms with Crippen LogP contribution in [0.5, 0.6) is 0 Å². The number of anilines is 1. The second kappa shape index (κ2) is 7.66. The van der Waals surface area contributed by atoms with Crippen LogP contribution in [0, 0.1) is 0 Å². The standard InChI is InChI=1S/C17H18N2O2S2/c20-16(13-6-10-23-12-13)18-15-5-2-1-4-14(15)17(21)19-7-3-9-22-11-8-19/h1-2,4-6,10,12H,3,7-9,11H2,(H,18,20). The van der Waals surface area contributed by atoms with Crippen LogP contribution in [-0.2, 0) is 0 Å². The number of carbonyl (C=O) groups excluding carboxylic acids is 2. The summed E-state index contributed by atoms with van der Waals surface area (Å²) >= 11 is 3.36. The molecule has 0 spiro atoms. The highest BCUT2D eigenvalue weighted by Gasteiger charge is 2.21. The smallest absolute Gasteiger partial charge is 0.256 e. The molecule has 0 radical (unpaired) electrons. The summed E-state index contributed by atoms with van der Waals surface area (Å²) in [4.78, 5) is 26.9. The highest BCUT2D eigenvalue weighted by Crippen LogP contribution is 2.21. The Kier molecular flexibility index (Phi) is 5.35. The van der Waals surface area contributed by atoms with Gasteiger partial charge in [-0.3, -0.25) is 9.59 Å². The summed E-state index contributed by atoms with van der Waals surface area (Å²) in [6, 6.07) is 9.00. The lowest BCUT2D eigenvalue weighted by Crippen LogP contribution is -2.33. The van der Waals surface area contributed by atoms with Gasteiger partial charge in [-0.15, -0.1) is 0 Å². The minimum Gasteiger partial charge on any atom is -0.338 e. The van der Waals surface area contributed by atoms with E-state index in [0.717, 1.165) is 31.0 Å². The second-order valence-corrected chi connectivity index (χ2v) is 7.27. The van der Waals surface area contributed by atoms with Crippen LogP contribution in [0.1, 0.15) is 27.1 Å². The monoisotopic (exact) mass is 346 g/mol. The molecule has 0 unspecified atom stereocenters. The predicted molar refractivity (Wildman–Crippen MR) is 96.6 cm³/mol. The normalized spacial score (nSPS) is 15.0. The van der Waals surface area contributed by atoms with Gasteiger partial charge in [-0.1, -0.05) is 12.1 Å². The fourth-order valence-corrected chi connectivity index (χ4v) is 4.01. The number of benzene rings is 1. The summed E-state index contributed by atoms with van der Waals surface area (Å²) in [6.45, 7) is 1.54. The van der Waals surface area contributed by atoms with Crippen LogP contribution in [-0.4, -0.2) is 41.3 Å². The zero-order valence-electron chi connectivity index (χ0n) is 12.7. The van der Waals surface area contributed by atoms with E-state index in [0.29, 0.717) is 16.8 Å². The largest absolute Gasteiger partial charge is 0.338 e. The minimum atomic E-state index is -0.182. The summed E-state index contributed by atoms with van der Waals surface area (Å²) in [5.41, 5.74) is 1.75. The first-order valence-corrected chi connectivity index (χ1v) is 9.65. The second-order valence-electron chi connectivity index (χ2n) is 5.27. The van der Waals surface area contributed by atoms with Crippen LogP contribution in [0.2, 0.25) is 0 Å². The number of hydrogen-bond donors (Lipinski definition) is 1. The zero-order chi connectivity index (χ0) is 16.1. The average molecular weight is 346 g/mol. The van der Waals surface area contributed by atoms with Gasteiger partial charge in [-0.2, -0.15) is 23.1 Å².